The van der Waals surface area contributed by atoms with Crippen molar-refractivity contribution in [1.82, 2.24) is 15.7 Å². The molecule has 2 aromatic rings. The van der Waals surface area contributed by atoms with Gasteiger partial charge >= 0.3 is 0 Å². The number of carbonyl (C=O) groups excluding carboxylic acids is 3. The van der Waals surface area contributed by atoms with Gasteiger partial charge in [-0.05, 0) is 62.1 Å². The minimum atomic E-state index is -1.03. The second-order valence-electron chi connectivity index (χ2n) is 7.02. The van der Waals surface area contributed by atoms with Gasteiger partial charge in [0, 0.05) is 28.9 Å². The van der Waals surface area contributed by atoms with Gasteiger partial charge in [-0.2, -0.15) is 0 Å². The number of amides is 3. The zero-order valence-electron chi connectivity index (χ0n) is 18.0. The minimum Gasteiger partial charge on any atom is -0.339 e. The number of nitrogens with one attached hydrogen (secondary N) is 3. The Morgan fingerprint density at radius 2 is 1.58 bits per heavy atom. The van der Waals surface area contributed by atoms with Crippen LogP contribution in [-0.4, -0.2) is 60.6 Å². The van der Waals surface area contributed by atoms with Gasteiger partial charge in [0.25, 0.3) is 11.8 Å². The molecule has 9 nitrogen and oxygen atoms in total. The number of likely N-dealkylation sites (N-methyl/N-ethyl adjacent to an activating group) is 1. The third kappa shape index (κ3) is 8.74. The van der Waals surface area contributed by atoms with Crippen LogP contribution in [0.15, 0.2) is 48.5 Å². The average Bonchev–Trinajstić information content (AvgIpc) is 2.81. The Labute approximate surface area is 194 Å². The molecule has 0 aliphatic rings. The van der Waals surface area contributed by atoms with E-state index in [2.05, 4.69) is 22.5 Å². The SMILES string of the molecule is C.CCN(C)CC(=O)Nc1ccc(C#Cc2ccc(C(=O)N[C@@H](CN)C(=O)NO)cc2)cc1. The summed E-state index contributed by atoms with van der Waals surface area (Å²) < 4.78 is 0. The molecule has 0 radical (unpaired) electrons. The van der Waals surface area contributed by atoms with Crippen molar-refractivity contribution >= 4 is 23.4 Å². The summed E-state index contributed by atoms with van der Waals surface area (Å²) in [7, 11) is 1.88. The van der Waals surface area contributed by atoms with Crippen LogP contribution in [0.25, 0.3) is 0 Å². The molecule has 0 heterocycles. The lowest BCUT2D eigenvalue weighted by Crippen LogP contribution is -2.50. The summed E-state index contributed by atoms with van der Waals surface area (Å²) in [6.07, 6.45) is 0. The first kappa shape index (κ1) is 27.3. The second-order valence-corrected chi connectivity index (χ2v) is 7.02. The molecule has 0 unspecified atom stereocenters. The number of hydrogen-bond donors (Lipinski definition) is 5. The fourth-order valence-electron chi connectivity index (χ4n) is 2.59. The van der Waals surface area contributed by atoms with E-state index < -0.39 is 17.9 Å². The highest BCUT2D eigenvalue weighted by atomic mass is 16.5. The van der Waals surface area contributed by atoms with Gasteiger partial charge in [0.15, 0.2) is 0 Å². The Hall–Kier alpha value is -3.71. The van der Waals surface area contributed by atoms with Crippen molar-refractivity contribution in [3.8, 4) is 11.8 Å². The zero-order chi connectivity index (χ0) is 23.5. The Morgan fingerprint density at radius 3 is 2.06 bits per heavy atom. The molecular formula is C24H31N5O4. The Morgan fingerprint density at radius 1 is 1.03 bits per heavy atom. The van der Waals surface area contributed by atoms with Gasteiger partial charge in [-0.25, -0.2) is 5.48 Å². The van der Waals surface area contributed by atoms with Crippen LogP contribution >= 0.6 is 0 Å². The highest BCUT2D eigenvalue weighted by Crippen LogP contribution is 2.10. The highest BCUT2D eigenvalue weighted by molar-refractivity contribution is 5.97. The summed E-state index contributed by atoms with van der Waals surface area (Å²) in [5, 5.41) is 13.9. The monoisotopic (exact) mass is 453 g/mol. The third-order valence-corrected chi connectivity index (χ3v) is 4.59. The Kier molecular flexibility index (Phi) is 11.3. The van der Waals surface area contributed by atoms with Crippen LogP contribution in [0.5, 0.6) is 0 Å². The van der Waals surface area contributed by atoms with Gasteiger partial charge in [-0.15, -0.1) is 0 Å². The summed E-state index contributed by atoms with van der Waals surface area (Å²) in [5.41, 5.74) is 9.39. The lowest BCUT2D eigenvalue weighted by molar-refractivity contribution is -0.130. The fraction of sp³-hybridized carbons (Fsp3) is 0.292. The van der Waals surface area contributed by atoms with Crippen LogP contribution in [-0.2, 0) is 9.59 Å². The molecule has 1 atom stereocenters. The first-order valence-corrected chi connectivity index (χ1v) is 10.0. The molecular weight excluding hydrogens is 422 g/mol. The number of hydroxylamine groups is 1. The Balaban J connectivity index is 0.00000544. The van der Waals surface area contributed by atoms with E-state index in [9.17, 15) is 14.4 Å². The van der Waals surface area contributed by atoms with E-state index in [1.165, 1.54) is 5.48 Å². The number of benzene rings is 2. The van der Waals surface area contributed by atoms with E-state index in [4.69, 9.17) is 10.9 Å². The predicted molar refractivity (Wildman–Crippen MR) is 128 cm³/mol. The molecule has 6 N–H and O–H groups in total. The van der Waals surface area contributed by atoms with Crippen LogP contribution in [0, 0.1) is 11.8 Å². The molecule has 2 aromatic carbocycles. The van der Waals surface area contributed by atoms with Crippen LogP contribution in [0.4, 0.5) is 5.69 Å². The molecule has 2 rings (SSSR count). The largest absolute Gasteiger partial charge is 0.339 e. The molecule has 0 aliphatic heterocycles. The standard InChI is InChI=1S/C23H27N5O4.CH4/c1-3-28(2)15-21(29)25-19-12-8-17(9-13-19)5-4-16-6-10-18(11-7-16)22(30)26-20(14-24)23(31)27-32;/h6-13,20,32H,3,14-15,24H2,1-2H3,(H,25,29)(H,26,30)(H,27,31);1H4/t20-;/m0./s1. The number of hydrogen-bond acceptors (Lipinski definition) is 6. The van der Waals surface area contributed by atoms with Gasteiger partial charge in [0.1, 0.15) is 6.04 Å². The highest BCUT2D eigenvalue weighted by Gasteiger charge is 2.19. The van der Waals surface area contributed by atoms with Gasteiger partial charge in [-0.1, -0.05) is 26.2 Å². The summed E-state index contributed by atoms with van der Waals surface area (Å²) >= 11 is 0. The summed E-state index contributed by atoms with van der Waals surface area (Å²) in [4.78, 5) is 37.5. The van der Waals surface area contributed by atoms with E-state index >= 15 is 0 Å². The van der Waals surface area contributed by atoms with Crippen LogP contribution in [0.3, 0.4) is 0 Å². The molecule has 9 heteroatoms. The van der Waals surface area contributed by atoms with E-state index in [1.807, 2.05) is 31.0 Å². The van der Waals surface area contributed by atoms with E-state index in [-0.39, 0.29) is 19.9 Å². The maximum Gasteiger partial charge on any atom is 0.267 e. The van der Waals surface area contributed by atoms with Crippen LogP contribution < -0.4 is 21.8 Å². The zero-order valence-corrected chi connectivity index (χ0v) is 18.0. The van der Waals surface area contributed by atoms with Crippen LogP contribution in [0.1, 0.15) is 35.8 Å². The Bertz CT molecular complexity index is 994. The van der Waals surface area contributed by atoms with Crippen molar-refractivity contribution in [3.63, 3.8) is 0 Å². The third-order valence-electron chi connectivity index (χ3n) is 4.59. The number of anilines is 1. The van der Waals surface area contributed by atoms with E-state index in [0.29, 0.717) is 23.4 Å². The number of carbonyl (C=O) groups is 3. The molecule has 0 fully saturated rings. The first-order chi connectivity index (χ1) is 15.4. The van der Waals surface area contributed by atoms with E-state index in [1.54, 1.807) is 36.4 Å². The molecule has 0 spiro atoms. The topological polar surface area (TPSA) is 137 Å². The van der Waals surface area contributed by atoms with Crippen molar-refractivity contribution in [1.29, 1.82) is 0 Å². The second kappa shape index (κ2) is 13.6. The van der Waals surface area contributed by atoms with Gasteiger partial charge in [0.2, 0.25) is 5.91 Å². The van der Waals surface area contributed by atoms with Crippen LogP contribution in [0.2, 0.25) is 0 Å². The van der Waals surface area contributed by atoms with Gasteiger partial charge < -0.3 is 16.4 Å². The lowest BCUT2D eigenvalue weighted by Gasteiger charge is -2.14. The van der Waals surface area contributed by atoms with Gasteiger partial charge in [-0.3, -0.25) is 24.5 Å². The first-order valence-electron chi connectivity index (χ1n) is 10.0. The molecule has 0 saturated carbocycles. The lowest BCUT2D eigenvalue weighted by atomic mass is 10.1. The van der Waals surface area contributed by atoms with Crippen molar-refractivity contribution < 1.29 is 19.6 Å². The van der Waals surface area contributed by atoms with E-state index in [0.717, 1.165) is 12.1 Å². The molecule has 0 aromatic heterocycles. The fourth-order valence-corrected chi connectivity index (χ4v) is 2.59. The predicted octanol–water partition coefficient (Wildman–Crippen LogP) is 1.18. The van der Waals surface area contributed by atoms with Crippen molar-refractivity contribution in [2.24, 2.45) is 5.73 Å². The molecule has 3 amide bonds. The van der Waals surface area contributed by atoms with Gasteiger partial charge in [0.05, 0.1) is 6.54 Å². The average molecular weight is 454 g/mol. The summed E-state index contributed by atoms with van der Waals surface area (Å²) in [6.45, 7) is 2.95. The van der Waals surface area contributed by atoms with Crippen molar-refractivity contribution in [2.45, 2.75) is 20.4 Å². The van der Waals surface area contributed by atoms with Crippen molar-refractivity contribution in [2.75, 3.05) is 32.0 Å². The number of nitrogens with zero attached hydrogens (tertiary/aromatic N) is 1. The molecule has 176 valence electrons. The number of rotatable bonds is 8. The summed E-state index contributed by atoms with van der Waals surface area (Å²) in [5.74, 6) is 4.67. The maximum absolute atomic E-state index is 12.2. The number of nitrogens with two attached hydrogens (primary N) is 1. The van der Waals surface area contributed by atoms with Crippen molar-refractivity contribution in [3.05, 3.63) is 65.2 Å². The minimum absolute atomic E-state index is 0. The molecule has 0 bridgehead atoms. The molecule has 0 aliphatic carbocycles. The summed E-state index contributed by atoms with van der Waals surface area (Å²) in [6, 6.07) is 12.7. The quantitative estimate of drug-likeness (QED) is 0.231. The maximum atomic E-state index is 12.2. The molecule has 0 saturated heterocycles. The molecule has 33 heavy (non-hydrogen) atoms. The normalized spacial score (nSPS) is 10.8. The smallest absolute Gasteiger partial charge is 0.267 e.